The maximum atomic E-state index is 13.0. The Bertz CT molecular complexity index is 594. The monoisotopic (exact) mass is 358 g/mol. The third-order valence-electron chi connectivity index (χ3n) is 5.40. The second-order valence-corrected chi connectivity index (χ2v) is 7.47. The number of hydrogen-bond donors (Lipinski definition) is 1. The Hall–Kier alpha value is -1.84. The summed E-state index contributed by atoms with van der Waals surface area (Å²) < 4.78 is 0. The van der Waals surface area contributed by atoms with Gasteiger partial charge in [0.05, 0.1) is 0 Å². The average molecular weight is 359 g/mol. The molecule has 2 rings (SSSR count). The van der Waals surface area contributed by atoms with E-state index in [0.29, 0.717) is 19.4 Å². The molecule has 2 amide bonds. The van der Waals surface area contributed by atoms with Crippen LogP contribution in [-0.4, -0.2) is 28.8 Å². The Morgan fingerprint density at radius 3 is 2.46 bits per heavy atom. The Balaban J connectivity index is 2.15. The van der Waals surface area contributed by atoms with Crippen LogP contribution in [0.25, 0.3) is 0 Å². The van der Waals surface area contributed by atoms with E-state index >= 15 is 0 Å². The fourth-order valence-electron chi connectivity index (χ4n) is 3.79. The van der Waals surface area contributed by atoms with Crippen molar-refractivity contribution in [1.82, 2.24) is 10.2 Å². The average Bonchev–Trinajstić information content (AvgIpc) is 2.64. The zero-order chi connectivity index (χ0) is 18.9. The first-order valence-corrected chi connectivity index (χ1v) is 10.2. The van der Waals surface area contributed by atoms with Crippen LogP contribution in [0.2, 0.25) is 0 Å². The summed E-state index contributed by atoms with van der Waals surface area (Å²) in [6.07, 6.45) is 7.67. The van der Waals surface area contributed by atoms with E-state index in [1.54, 1.807) is 4.90 Å². The summed E-state index contributed by atoms with van der Waals surface area (Å²) in [5, 5.41) is 3.21. The Morgan fingerprint density at radius 2 is 1.85 bits per heavy atom. The highest BCUT2D eigenvalue weighted by atomic mass is 16.2. The van der Waals surface area contributed by atoms with E-state index in [1.807, 2.05) is 32.0 Å². The Labute approximate surface area is 158 Å². The number of nitrogens with one attached hydrogen (secondary N) is 1. The molecular formula is C22H34N2O2. The van der Waals surface area contributed by atoms with Crippen LogP contribution in [0.5, 0.6) is 0 Å². The first kappa shape index (κ1) is 20.5. The van der Waals surface area contributed by atoms with E-state index in [-0.39, 0.29) is 17.9 Å². The van der Waals surface area contributed by atoms with Gasteiger partial charge in [-0.2, -0.15) is 0 Å². The van der Waals surface area contributed by atoms with Gasteiger partial charge in [0.2, 0.25) is 11.8 Å². The van der Waals surface area contributed by atoms with Gasteiger partial charge in [-0.15, -0.1) is 0 Å². The largest absolute Gasteiger partial charge is 0.352 e. The van der Waals surface area contributed by atoms with E-state index < -0.39 is 6.04 Å². The Morgan fingerprint density at radius 1 is 1.15 bits per heavy atom. The normalized spacial score (nSPS) is 16.1. The van der Waals surface area contributed by atoms with Crippen molar-refractivity contribution >= 4 is 11.8 Å². The third kappa shape index (κ3) is 5.58. The molecule has 1 aromatic carbocycles. The molecule has 1 aliphatic rings. The fraction of sp³-hybridized carbons (Fsp3) is 0.636. The van der Waals surface area contributed by atoms with Gasteiger partial charge in [-0.25, -0.2) is 0 Å². The zero-order valence-electron chi connectivity index (χ0n) is 16.6. The molecule has 0 bridgehead atoms. The molecular weight excluding hydrogens is 324 g/mol. The van der Waals surface area contributed by atoms with Gasteiger partial charge in [0, 0.05) is 19.0 Å². The first-order chi connectivity index (χ1) is 12.6. The molecule has 0 aliphatic heterocycles. The number of amides is 2. The number of rotatable bonds is 8. The molecule has 0 heterocycles. The van der Waals surface area contributed by atoms with Gasteiger partial charge in [-0.3, -0.25) is 9.59 Å². The first-order valence-electron chi connectivity index (χ1n) is 10.2. The molecule has 1 aliphatic carbocycles. The van der Waals surface area contributed by atoms with Gasteiger partial charge in [0.15, 0.2) is 0 Å². The number of nitrogens with zero attached hydrogens (tertiary/aromatic N) is 1. The smallest absolute Gasteiger partial charge is 0.243 e. The van der Waals surface area contributed by atoms with Crippen LogP contribution in [-0.2, 0) is 16.1 Å². The minimum Gasteiger partial charge on any atom is -0.352 e. The molecule has 144 valence electrons. The third-order valence-corrected chi connectivity index (χ3v) is 5.40. The summed E-state index contributed by atoms with van der Waals surface area (Å²) in [4.78, 5) is 27.6. The number of hydrogen-bond acceptors (Lipinski definition) is 2. The predicted octanol–water partition coefficient (Wildman–Crippen LogP) is 4.35. The van der Waals surface area contributed by atoms with Crippen molar-refractivity contribution in [3.63, 3.8) is 0 Å². The minimum absolute atomic E-state index is 0.0115. The van der Waals surface area contributed by atoms with Crippen molar-refractivity contribution in [3.05, 3.63) is 35.4 Å². The topological polar surface area (TPSA) is 49.4 Å². The molecule has 1 fully saturated rings. The second-order valence-electron chi connectivity index (χ2n) is 7.47. The maximum absolute atomic E-state index is 13.0. The van der Waals surface area contributed by atoms with Crippen LogP contribution in [0.1, 0.15) is 76.3 Å². The maximum Gasteiger partial charge on any atom is 0.243 e. The molecule has 26 heavy (non-hydrogen) atoms. The lowest BCUT2D eigenvalue weighted by atomic mass is 9.95. The van der Waals surface area contributed by atoms with Crippen LogP contribution in [0.15, 0.2) is 24.3 Å². The van der Waals surface area contributed by atoms with Gasteiger partial charge in [0.25, 0.3) is 0 Å². The highest BCUT2D eigenvalue weighted by Crippen LogP contribution is 2.20. The van der Waals surface area contributed by atoms with Crippen molar-refractivity contribution in [2.45, 2.75) is 90.8 Å². The number of aryl methyl sites for hydroxylation is 1. The van der Waals surface area contributed by atoms with Crippen LogP contribution >= 0.6 is 0 Å². The molecule has 1 atom stereocenters. The van der Waals surface area contributed by atoms with Gasteiger partial charge < -0.3 is 10.2 Å². The number of benzene rings is 1. The van der Waals surface area contributed by atoms with Crippen molar-refractivity contribution in [3.8, 4) is 0 Å². The van der Waals surface area contributed by atoms with E-state index in [0.717, 1.165) is 30.4 Å². The van der Waals surface area contributed by atoms with Gasteiger partial charge >= 0.3 is 0 Å². The van der Waals surface area contributed by atoms with Crippen LogP contribution in [0.4, 0.5) is 0 Å². The highest BCUT2D eigenvalue weighted by Gasteiger charge is 2.30. The van der Waals surface area contributed by atoms with Gasteiger partial charge in [-0.1, -0.05) is 57.4 Å². The molecule has 4 nitrogen and oxygen atoms in total. The summed E-state index contributed by atoms with van der Waals surface area (Å²) >= 11 is 0. The van der Waals surface area contributed by atoms with Crippen molar-refractivity contribution in [1.29, 1.82) is 0 Å². The van der Waals surface area contributed by atoms with E-state index in [4.69, 9.17) is 0 Å². The lowest BCUT2D eigenvalue weighted by Crippen LogP contribution is -2.51. The van der Waals surface area contributed by atoms with Crippen LogP contribution in [0.3, 0.4) is 0 Å². The van der Waals surface area contributed by atoms with Crippen LogP contribution < -0.4 is 5.32 Å². The quantitative estimate of drug-likeness (QED) is 0.751. The van der Waals surface area contributed by atoms with Gasteiger partial charge in [0.1, 0.15) is 6.04 Å². The molecule has 1 aromatic rings. The molecule has 0 aromatic heterocycles. The number of carbonyl (C=O) groups is 2. The van der Waals surface area contributed by atoms with E-state index in [2.05, 4.69) is 18.3 Å². The standard InChI is InChI=1S/C22H34N2O2/c1-4-11-21(25)24(16-18-13-10-9-12-17(18)3)20(5-2)22(26)23-19-14-7-6-8-15-19/h9-10,12-13,19-20H,4-8,11,14-16H2,1-3H3,(H,23,26). The lowest BCUT2D eigenvalue weighted by Gasteiger charge is -2.33. The molecule has 4 heteroatoms. The zero-order valence-corrected chi connectivity index (χ0v) is 16.6. The van der Waals surface area contributed by atoms with Gasteiger partial charge in [-0.05, 0) is 43.7 Å². The predicted molar refractivity (Wildman–Crippen MR) is 106 cm³/mol. The van der Waals surface area contributed by atoms with Crippen molar-refractivity contribution in [2.24, 2.45) is 0 Å². The highest BCUT2D eigenvalue weighted by molar-refractivity contribution is 5.87. The fourth-order valence-corrected chi connectivity index (χ4v) is 3.79. The molecule has 1 N–H and O–H groups in total. The van der Waals surface area contributed by atoms with E-state index in [1.165, 1.54) is 19.3 Å². The minimum atomic E-state index is -0.393. The summed E-state index contributed by atoms with van der Waals surface area (Å²) in [6.45, 7) is 6.56. The van der Waals surface area contributed by atoms with Crippen LogP contribution in [0, 0.1) is 6.92 Å². The molecule has 1 unspecified atom stereocenters. The summed E-state index contributed by atoms with van der Waals surface area (Å²) in [5.74, 6) is 0.0823. The summed E-state index contributed by atoms with van der Waals surface area (Å²) in [6, 6.07) is 7.98. The molecule has 0 spiro atoms. The summed E-state index contributed by atoms with van der Waals surface area (Å²) in [7, 11) is 0. The number of carbonyl (C=O) groups excluding carboxylic acids is 2. The molecule has 1 saturated carbocycles. The molecule has 0 radical (unpaired) electrons. The van der Waals surface area contributed by atoms with Crippen molar-refractivity contribution in [2.75, 3.05) is 0 Å². The Kier molecular flexibility index (Phi) is 8.14. The second kappa shape index (κ2) is 10.3. The summed E-state index contributed by atoms with van der Waals surface area (Å²) in [5.41, 5.74) is 2.27. The molecule has 0 saturated heterocycles. The van der Waals surface area contributed by atoms with E-state index in [9.17, 15) is 9.59 Å². The SMILES string of the molecule is CCCC(=O)N(Cc1ccccc1C)C(CC)C(=O)NC1CCCCC1. The lowest BCUT2D eigenvalue weighted by molar-refractivity contribution is -0.141. The van der Waals surface area contributed by atoms with Crippen molar-refractivity contribution < 1.29 is 9.59 Å².